The number of alkyl halides is 3. The van der Waals surface area contributed by atoms with Crippen LogP contribution >= 0.6 is 11.3 Å². The standard InChI is InChI=1S/C18H12F3N3OS/c19-18(20,21)13-8-14(15-6-7-16(23)26-15)24(17(25)12(13)9-22)10-11-4-2-1-3-5-11/h1-8H,10,23H2. The fourth-order valence-electron chi connectivity index (χ4n) is 2.60. The summed E-state index contributed by atoms with van der Waals surface area (Å²) in [5.41, 5.74) is 3.36. The lowest BCUT2D eigenvalue weighted by Crippen LogP contribution is -2.28. The lowest BCUT2D eigenvalue weighted by Gasteiger charge is -2.16. The molecule has 0 aliphatic carbocycles. The van der Waals surface area contributed by atoms with Gasteiger partial charge in [-0.15, -0.1) is 11.3 Å². The Bertz CT molecular complexity index is 1050. The summed E-state index contributed by atoms with van der Waals surface area (Å²) >= 11 is 1.07. The topological polar surface area (TPSA) is 71.8 Å². The Morgan fingerprint density at radius 1 is 1.15 bits per heavy atom. The minimum absolute atomic E-state index is 0.0413. The van der Waals surface area contributed by atoms with Crippen LogP contribution in [-0.4, -0.2) is 4.57 Å². The van der Waals surface area contributed by atoms with Crippen LogP contribution in [0.2, 0.25) is 0 Å². The van der Waals surface area contributed by atoms with E-state index in [-0.39, 0.29) is 12.2 Å². The van der Waals surface area contributed by atoms with E-state index in [1.165, 1.54) is 10.6 Å². The molecule has 132 valence electrons. The average molecular weight is 375 g/mol. The molecule has 0 amide bonds. The highest BCUT2D eigenvalue weighted by Crippen LogP contribution is 2.36. The Balaban J connectivity index is 2.30. The molecule has 8 heteroatoms. The molecule has 0 bridgehead atoms. The molecule has 0 saturated carbocycles. The van der Waals surface area contributed by atoms with E-state index in [2.05, 4.69) is 0 Å². The monoisotopic (exact) mass is 375 g/mol. The Hall–Kier alpha value is -3.05. The van der Waals surface area contributed by atoms with Crippen LogP contribution < -0.4 is 11.3 Å². The SMILES string of the molecule is N#Cc1c(C(F)(F)F)cc(-c2ccc(N)s2)n(Cc2ccccc2)c1=O. The highest BCUT2D eigenvalue weighted by molar-refractivity contribution is 7.19. The minimum Gasteiger partial charge on any atom is -0.391 e. The molecular formula is C18H12F3N3OS. The average Bonchev–Trinajstić information content (AvgIpc) is 3.02. The number of anilines is 1. The maximum Gasteiger partial charge on any atom is 0.417 e. The predicted molar refractivity (Wildman–Crippen MR) is 93.7 cm³/mol. The molecule has 0 unspecified atom stereocenters. The van der Waals surface area contributed by atoms with E-state index in [0.717, 1.165) is 23.0 Å². The molecular weight excluding hydrogens is 363 g/mol. The van der Waals surface area contributed by atoms with Gasteiger partial charge in [-0.05, 0) is 23.8 Å². The van der Waals surface area contributed by atoms with Gasteiger partial charge in [0.05, 0.1) is 27.7 Å². The maximum atomic E-state index is 13.4. The van der Waals surface area contributed by atoms with Crippen LogP contribution in [0.5, 0.6) is 0 Å². The molecule has 0 aliphatic heterocycles. The van der Waals surface area contributed by atoms with Crippen molar-refractivity contribution in [2.24, 2.45) is 0 Å². The zero-order valence-corrected chi connectivity index (χ0v) is 14.1. The quantitative estimate of drug-likeness (QED) is 0.749. The molecule has 2 heterocycles. The molecule has 1 aromatic carbocycles. The molecule has 4 nitrogen and oxygen atoms in total. The van der Waals surface area contributed by atoms with Crippen molar-refractivity contribution in [1.29, 1.82) is 5.26 Å². The minimum atomic E-state index is -4.81. The van der Waals surface area contributed by atoms with Gasteiger partial charge in [-0.2, -0.15) is 18.4 Å². The first-order chi connectivity index (χ1) is 12.3. The molecule has 26 heavy (non-hydrogen) atoms. The number of hydrogen-bond acceptors (Lipinski definition) is 4. The highest BCUT2D eigenvalue weighted by atomic mass is 32.1. The third-order valence-corrected chi connectivity index (χ3v) is 4.72. The first kappa shape index (κ1) is 17.8. The van der Waals surface area contributed by atoms with E-state index in [9.17, 15) is 18.0 Å². The third-order valence-electron chi connectivity index (χ3n) is 3.78. The predicted octanol–water partition coefficient (Wildman–Crippen LogP) is 4.10. The fourth-order valence-corrected chi connectivity index (χ4v) is 3.40. The maximum absolute atomic E-state index is 13.4. The lowest BCUT2D eigenvalue weighted by molar-refractivity contribution is -0.137. The molecule has 0 aliphatic rings. The second-order valence-corrected chi connectivity index (χ2v) is 6.62. The zero-order chi connectivity index (χ0) is 18.9. The number of halogens is 3. The summed E-state index contributed by atoms with van der Waals surface area (Å²) in [5, 5.41) is 9.55. The zero-order valence-electron chi connectivity index (χ0n) is 13.2. The molecule has 0 radical (unpaired) electrons. The molecule has 3 aromatic rings. The van der Waals surface area contributed by atoms with Gasteiger partial charge < -0.3 is 10.3 Å². The Morgan fingerprint density at radius 3 is 2.38 bits per heavy atom. The number of nitrogens with two attached hydrogens (primary N) is 1. The van der Waals surface area contributed by atoms with Crippen LogP contribution in [0.25, 0.3) is 10.6 Å². The van der Waals surface area contributed by atoms with Gasteiger partial charge >= 0.3 is 6.18 Å². The van der Waals surface area contributed by atoms with Gasteiger partial charge in [-0.3, -0.25) is 4.79 Å². The van der Waals surface area contributed by atoms with Crippen LogP contribution in [0, 0.1) is 11.3 Å². The number of aromatic nitrogens is 1. The summed E-state index contributed by atoms with van der Waals surface area (Å²) in [6.45, 7) is 0.0413. The van der Waals surface area contributed by atoms with Gasteiger partial charge in [-0.1, -0.05) is 30.3 Å². The number of rotatable bonds is 3. The molecule has 2 N–H and O–H groups in total. The van der Waals surface area contributed by atoms with E-state index < -0.39 is 22.9 Å². The Morgan fingerprint density at radius 2 is 1.85 bits per heavy atom. The van der Waals surface area contributed by atoms with E-state index in [1.807, 2.05) is 0 Å². The van der Waals surface area contributed by atoms with E-state index in [4.69, 9.17) is 11.0 Å². The van der Waals surface area contributed by atoms with Crippen LogP contribution in [-0.2, 0) is 12.7 Å². The highest BCUT2D eigenvalue weighted by Gasteiger charge is 2.36. The van der Waals surface area contributed by atoms with Crippen LogP contribution in [0.15, 0.2) is 53.3 Å². The Labute approximate surface area is 150 Å². The first-order valence-corrected chi connectivity index (χ1v) is 8.27. The number of thiophene rings is 1. The van der Waals surface area contributed by atoms with E-state index >= 15 is 0 Å². The number of nitriles is 1. The molecule has 0 spiro atoms. The summed E-state index contributed by atoms with van der Waals surface area (Å²) < 4.78 is 41.2. The van der Waals surface area contributed by atoms with E-state index in [0.29, 0.717) is 9.88 Å². The van der Waals surface area contributed by atoms with Crippen molar-refractivity contribution < 1.29 is 13.2 Å². The van der Waals surface area contributed by atoms with Gasteiger partial charge in [0.2, 0.25) is 0 Å². The normalized spacial score (nSPS) is 11.3. The van der Waals surface area contributed by atoms with Crippen molar-refractivity contribution in [3.63, 3.8) is 0 Å². The summed E-state index contributed by atoms with van der Waals surface area (Å²) in [5.74, 6) is 0. The number of hydrogen-bond donors (Lipinski definition) is 1. The van der Waals surface area contributed by atoms with Gasteiger partial charge in [0.25, 0.3) is 5.56 Å². The summed E-state index contributed by atoms with van der Waals surface area (Å²) in [6.07, 6.45) is -4.81. The van der Waals surface area contributed by atoms with Crippen LogP contribution in [0.4, 0.5) is 18.2 Å². The van der Waals surface area contributed by atoms with Gasteiger partial charge in [0.1, 0.15) is 11.6 Å². The van der Waals surface area contributed by atoms with Crippen molar-refractivity contribution in [3.8, 4) is 16.6 Å². The summed E-state index contributed by atoms with van der Waals surface area (Å²) in [4.78, 5) is 13.1. The summed E-state index contributed by atoms with van der Waals surface area (Å²) in [6, 6.07) is 14.2. The lowest BCUT2D eigenvalue weighted by atomic mass is 10.1. The molecule has 0 atom stereocenters. The Kier molecular flexibility index (Phi) is 4.57. The molecule has 2 aromatic heterocycles. The number of nitrogen functional groups attached to an aromatic ring is 1. The molecule has 3 rings (SSSR count). The van der Waals surface area contributed by atoms with Crippen molar-refractivity contribution >= 4 is 16.3 Å². The van der Waals surface area contributed by atoms with Crippen molar-refractivity contribution in [3.05, 3.63) is 75.6 Å². The number of benzene rings is 1. The third kappa shape index (κ3) is 3.34. The summed E-state index contributed by atoms with van der Waals surface area (Å²) in [7, 11) is 0. The van der Waals surface area contributed by atoms with Gasteiger partial charge in [-0.25, -0.2) is 0 Å². The van der Waals surface area contributed by atoms with Gasteiger partial charge in [0, 0.05) is 0 Å². The van der Waals surface area contributed by atoms with Crippen molar-refractivity contribution in [2.75, 3.05) is 5.73 Å². The largest absolute Gasteiger partial charge is 0.417 e. The van der Waals surface area contributed by atoms with E-state index in [1.54, 1.807) is 42.5 Å². The smallest absolute Gasteiger partial charge is 0.391 e. The van der Waals surface area contributed by atoms with Gasteiger partial charge in [0.15, 0.2) is 0 Å². The van der Waals surface area contributed by atoms with Crippen LogP contribution in [0.3, 0.4) is 0 Å². The number of pyridine rings is 1. The number of nitrogens with zero attached hydrogens (tertiary/aromatic N) is 2. The molecule has 0 fully saturated rings. The first-order valence-electron chi connectivity index (χ1n) is 7.46. The fraction of sp³-hybridized carbons (Fsp3) is 0.111. The van der Waals surface area contributed by atoms with Crippen LogP contribution in [0.1, 0.15) is 16.7 Å². The van der Waals surface area contributed by atoms with Crippen molar-refractivity contribution in [1.82, 2.24) is 4.57 Å². The molecule has 0 saturated heterocycles. The second-order valence-electron chi connectivity index (χ2n) is 5.51. The second kappa shape index (κ2) is 6.69. The van der Waals surface area contributed by atoms with Crippen molar-refractivity contribution in [2.45, 2.75) is 12.7 Å².